The predicted octanol–water partition coefficient (Wildman–Crippen LogP) is 1.29. The number of alkyl halides is 1. The predicted molar refractivity (Wildman–Crippen MR) is 32.6 cm³/mol. The summed E-state index contributed by atoms with van der Waals surface area (Å²) in [5.74, 6) is 0. The second-order valence-corrected chi connectivity index (χ2v) is 3.19. The van der Waals surface area contributed by atoms with E-state index < -0.39 is 0 Å². The van der Waals surface area contributed by atoms with Gasteiger partial charge < -0.3 is 5.11 Å². The molecule has 0 unspecified atom stereocenters. The van der Waals surface area contributed by atoms with Crippen LogP contribution in [-0.4, -0.2) is 16.0 Å². The summed E-state index contributed by atoms with van der Waals surface area (Å²) in [5.41, 5.74) is 0. The number of aliphatic hydroxyl groups excluding tert-OH is 1. The van der Waals surface area contributed by atoms with Gasteiger partial charge >= 0.3 is 0 Å². The van der Waals surface area contributed by atoms with Crippen LogP contribution in [0.25, 0.3) is 0 Å². The van der Waals surface area contributed by atoms with Gasteiger partial charge in [0.05, 0.1) is 6.10 Å². The van der Waals surface area contributed by atoms with E-state index in [1.54, 1.807) is 0 Å². The molecular weight excluding hydrogens is 156 g/mol. The SMILES string of the molecule is O[C@H]1CCC[C@@H]1Br. The van der Waals surface area contributed by atoms with Gasteiger partial charge in [-0.05, 0) is 19.3 Å². The highest BCUT2D eigenvalue weighted by Crippen LogP contribution is 2.24. The fourth-order valence-corrected chi connectivity index (χ4v) is 1.48. The number of hydrogen-bond donors (Lipinski definition) is 1. The molecule has 2 atom stereocenters. The largest absolute Gasteiger partial charge is 0.392 e. The van der Waals surface area contributed by atoms with Crippen molar-refractivity contribution in [2.24, 2.45) is 0 Å². The highest BCUT2D eigenvalue weighted by Gasteiger charge is 2.21. The maximum atomic E-state index is 8.95. The zero-order valence-corrected chi connectivity index (χ0v) is 5.69. The molecule has 0 spiro atoms. The van der Waals surface area contributed by atoms with E-state index in [0.717, 1.165) is 12.8 Å². The molecule has 1 N–H and O–H groups in total. The first kappa shape index (κ1) is 5.57. The van der Waals surface area contributed by atoms with Gasteiger partial charge in [-0.1, -0.05) is 15.9 Å². The number of rotatable bonds is 0. The topological polar surface area (TPSA) is 20.2 Å². The normalized spacial score (nSPS) is 42.0. The van der Waals surface area contributed by atoms with Crippen molar-refractivity contribution in [1.82, 2.24) is 0 Å². The van der Waals surface area contributed by atoms with Crippen LogP contribution in [0.2, 0.25) is 0 Å². The van der Waals surface area contributed by atoms with Crippen molar-refractivity contribution in [3.8, 4) is 0 Å². The fraction of sp³-hybridized carbons (Fsp3) is 1.00. The molecule has 1 rings (SSSR count). The van der Waals surface area contributed by atoms with Crippen molar-refractivity contribution in [3.63, 3.8) is 0 Å². The molecule has 0 amide bonds. The average Bonchev–Trinajstić information content (AvgIpc) is 1.91. The number of hydrogen-bond acceptors (Lipinski definition) is 1. The first-order valence-corrected chi connectivity index (χ1v) is 3.54. The third kappa shape index (κ3) is 1.16. The molecule has 0 aliphatic heterocycles. The van der Waals surface area contributed by atoms with Gasteiger partial charge in [0.15, 0.2) is 0 Å². The van der Waals surface area contributed by atoms with Gasteiger partial charge in [0, 0.05) is 4.83 Å². The van der Waals surface area contributed by atoms with Gasteiger partial charge in [0.25, 0.3) is 0 Å². The monoisotopic (exact) mass is 164 g/mol. The molecule has 2 heteroatoms. The van der Waals surface area contributed by atoms with E-state index in [-0.39, 0.29) is 6.10 Å². The Hall–Kier alpha value is 0.440. The number of aliphatic hydroxyl groups is 1. The van der Waals surface area contributed by atoms with Gasteiger partial charge in [-0.25, -0.2) is 0 Å². The highest BCUT2D eigenvalue weighted by molar-refractivity contribution is 9.09. The Morgan fingerprint density at radius 1 is 1.43 bits per heavy atom. The molecule has 1 nitrogen and oxygen atoms in total. The second kappa shape index (κ2) is 2.14. The summed E-state index contributed by atoms with van der Waals surface area (Å²) >= 11 is 3.35. The molecule has 7 heavy (non-hydrogen) atoms. The minimum absolute atomic E-state index is 0.0694. The Labute approximate surface area is 51.9 Å². The van der Waals surface area contributed by atoms with Crippen LogP contribution in [0, 0.1) is 0 Å². The smallest absolute Gasteiger partial charge is 0.0665 e. The molecule has 0 saturated heterocycles. The van der Waals surface area contributed by atoms with Crippen LogP contribution >= 0.6 is 15.9 Å². The molecular formula is C5H9BrO. The molecule has 0 aromatic rings. The molecule has 0 heterocycles. The zero-order chi connectivity index (χ0) is 5.28. The summed E-state index contributed by atoms with van der Waals surface area (Å²) in [7, 11) is 0. The standard InChI is InChI=1S/C5H9BrO/c6-4-2-1-3-5(4)7/h4-5,7H,1-3H2/t4-,5-/m0/s1. The van der Waals surface area contributed by atoms with Crippen LogP contribution in [0.3, 0.4) is 0 Å². The van der Waals surface area contributed by atoms with Crippen LogP contribution in [0.1, 0.15) is 19.3 Å². The van der Waals surface area contributed by atoms with Crippen LogP contribution in [0.4, 0.5) is 0 Å². The van der Waals surface area contributed by atoms with Crippen LogP contribution in [0.15, 0.2) is 0 Å². The maximum Gasteiger partial charge on any atom is 0.0665 e. The molecule has 1 aliphatic carbocycles. The lowest BCUT2D eigenvalue weighted by atomic mass is 10.3. The van der Waals surface area contributed by atoms with Gasteiger partial charge in [-0.2, -0.15) is 0 Å². The summed E-state index contributed by atoms with van der Waals surface area (Å²) < 4.78 is 0. The van der Waals surface area contributed by atoms with E-state index in [1.807, 2.05) is 0 Å². The Morgan fingerprint density at radius 3 is 2.29 bits per heavy atom. The maximum absolute atomic E-state index is 8.95. The van der Waals surface area contributed by atoms with Crippen molar-refractivity contribution in [2.45, 2.75) is 30.2 Å². The summed E-state index contributed by atoms with van der Waals surface area (Å²) in [6.45, 7) is 0. The first-order valence-electron chi connectivity index (χ1n) is 2.63. The molecule has 1 saturated carbocycles. The summed E-state index contributed by atoms with van der Waals surface area (Å²) in [6, 6.07) is 0. The molecule has 0 aromatic carbocycles. The van der Waals surface area contributed by atoms with Crippen LogP contribution in [0.5, 0.6) is 0 Å². The highest BCUT2D eigenvalue weighted by atomic mass is 79.9. The van der Waals surface area contributed by atoms with E-state index in [2.05, 4.69) is 15.9 Å². The van der Waals surface area contributed by atoms with E-state index in [1.165, 1.54) is 6.42 Å². The summed E-state index contributed by atoms with van der Waals surface area (Å²) in [6.07, 6.45) is 3.23. The van der Waals surface area contributed by atoms with Gasteiger partial charge in [-0.3, -0.25) is 0 Å². The Bertz CT molecular complexity index is 57.1. The van der Waals surface area contributed by atoms with E-state index >= 15 is 0 Å². The lowest BCUT2D eigenvalue weighted by Gasteiger charge is -2.02. The molecule has 42 valence electrons. The van der Waals surface area contributed by atoms with Crippen molar-refractivity contribution in [1.29, 1.82) is 0 Å². The third-order valence-corrected chi connectivity index (χ3v) is 2.47. The zero-order valence-electron chi connectivity index (χ0n) is 4.10. The second-order valence-electron chi connectivity index (χ2n) is 2.01. The first-order chi connectivity index (χ1) is 3.30. The minimum Gasteiger partial charge on any atom is -0.392 e. The minimum atomic E-state index is -0.0694. The average molecular weight is 165 g/mol. The van der Waals surface area contributed by atoms with E-state index in [0.29, 0.717) is 4.83 Å². The van der Waals surface area contributed by atoms with Crippen molar-refractivity contribution in [3.05, 3.63) is 0 Å². The molecule has 1 aliphatic rings. The van der Waals surface area contributed by atoms with E-state index in [4.69, 9.17) is 5.11 Å². The van der Waals surface area contributed by atoms with Crippen molar-refractivity contribution < 1.29 is 5.11 Å². The summed E-state index contributed by atoms with van der Waals surface area (Å²) in [5, 5.41) is 8.95. The lowest BCUT2D eigenvalue weighted by molar-refractivity contribution is 0.189. The van der Waals surface area contributed by atoms with Gasteiger partial charge in [0.1, 0.15) is 0 Å². The Morgan fingerprint density at radius 2 is 2.14 bits per heavy atom. The third-order valence-electron chi connectivity index (χ3n) is 1.40. The number of halogens is 1. The van der Waals surface area contributed by atoms with Crippen LogP contribution < -0.4 is 0 Å². The van der Waals surface area contributed by atoms with Gasteiger partial charge in [-0.15, -0.1) is 0 Å². The fourth-order valence-electron chi connectivity index (χ4n) is 0.895. The molecule has 0 bridgehead atoms. The van der Waals surface area contributed by atoms with Crippen molar-refractivity contribution >= 4 is 15.9 Å². The van der Waals surface area contributed by atoms with Gasteiger partial charge in [0.2, 0.25) is 0 Å². The Balaban J connectivity index is 2.33. The molecule has 0 radical (unpaired) electrons. The molecule has 0 aromatic heterocycles. The van der Waals surface area contributed by atoms with Crippen molar-refractivity contribution in [2.75, 3.05) is 0 Å². The lowest BCUT2D eigenvalue weighted by Crippen LogP contribution is -2.10. The quantitative estimate of drug-likeness (QED) is 0.536. The van der Waals surface area contributed by atoms with Crippen LogP contribution in [-0.2, 0) is 0 Å². The molecule has 1 fully saturated rings. The van der Waals surface area contributed by atoms with E-state index in [9.17, 15) is 0 Å². The Kier molecular flexibility index (Phi) is 1.70. The summed E-state index contributed by atoms with van der Waals surface area (Å²) in [4.78, 5) is 0.382.